The Balaban J connectivity index is 3.04. The molecule has 27 heavy (non-hydrogen) atoms. The maximum absolute atomic E-state index is 12.2. The number of rotatable bonds is 12. The zero-order valence-corrected chi connectivity index (χ0v) is 16.2. The number of hydrogen-bond acceptors (Lipinski definition) is 10. The first kappa shape index (κ1) is 23.3. The van der Waals surface area contributed by atoms with Gasteiger partial charge in [-0.3, -0.25) is 9.59 Å². The lowest BCUT2D eigenvalue weighted by molar-refractivity contribution is -0.141. The van der Waals surface area contributed by atoms with Crippen molar-refractivity contribution in [2.24, 2.45) is 11.5 Å². The minimum atomic E-state index is -4.50. The summed E-state index contributed by atoms with van der Waals surface area (Å²) in [5.41, 5.74) is 11.0. The van der Waals surface area contributed by atoms with Crippen LogP contribution in [0.5, 0.6) is 0 Å². The Bertz CT molecular complexity index is 753. The Labute approximate surface area is 159 Å². The van der Waals surface area contributed by atoms with Crippen LogP contribution < -0.4 is 20.9 Å². The van der Waals surface area contributed by atoms with Gasteiger partial charge in [0.15, 0.2) is 5.82 Å². The van der Waals surface area contributed by atoms with Gasteiger partial charge in [0.1, 0.15) is 12.1 Å². The number of nitrogens with zero attached hydrogens (tertiary/aromatic N) is 2. The Kier molecular flexibility index (Phi) is 8.58. The van der Waals surface area contributed by atoms with E-state index in [-0.39, 0.29) is 11.7 Å². The number of carbonyl (C=O) groups excluding carboxylic acids is 1. The Morgan fingerprint density at radius 2 is 2.00 bits per heavy atom. The van der Waals surface area contributed by atoms with E-state index in [9.17, 15) is 23.1 Å². The van der Waals surface area contributed by atoms with Crippen LogP contribution in [0.1, 0.15) is 37.1 Å². The van der Waals surface area contributed by atoms with Crippen LogP contribution >= 0.6 is 11.8 Å². The standard InChI is InChI=1S/C12H22N6O7S2/c1-5(19)9(12(21)22)18-27(23,24)17-7(3-8(14)20)11-15-10(16-25-11)6(13)4-26-2/h5-7,9,17-19H,3-4,13H2,1-2H3,(H2,14,20)(H,21,22)/t5?,6-,7-,9?/m0/s1. The number of thioether (sulfide) groups is 1. The van der Waals surface area contributed by atoms with E-state index < -0.39 is 52.7 Å². The molecule has 1 heterocycles. The summed E-state index contributed by atoms with van der Waals surface area (Å²) in [5.74, 6) is -2.16. The third-order valence-corrected chi connectivity index (χ3v) is 5.02. The molecule has 0 aliphatic carbocycles. The molecule has 0 radical (unpaired) electrons. The number of aliphatic carboxylic acids is 1. The van der Waals surface area contributed by atoms with E-state index in [2.05, 4.69) is 10.1 Å². The number of carbonyl (C=O) groups is 2. The number of carboxylic acid groups (broad SMARTS) is 1. The number of amides is 1. The van der Waals surface area contributed by atoms with Crippen LogP contribution in [-0.4, -0.2) is 64.8 Å². The fraction of sp³-hybridized carbons (Fsp3) is 0.667. The second-order valence-corrected chi connectivity index (χ2v) is 7.96. The number of carboxylic acids is 1. The molecule has 1 aromatic rings. The quantitative estimate of drug-likeness (QED) is 0.207. The van der Waals surface area contributed by atoms with E-state index in [0.29, 0.717) is 5.75 Å². The van der Waals surface area contributed by atoms with Crippen LogP contribution in [0.2, 0.25) is 0 Å². The van der Waals surface area contributed by atoms with Crippen molar-refractivity contribution in [3.8, 4) is 0 Å². The summed E-state index contributed by atoms with van der Waals surface area (Å²) in [6.07, 6.45) is -0.238. The first-order chi connectivity index (χ1) is 12.5. The Morgan fingerprint density at radius 1 is 1.37 bits per heavy atom. The average Bonchev–Trinajstić information content (AvgIpc) is 3.01. The lowest BCUT2D eigenvalue weighted by Gasteiger charge is -2.19. The van der Waals surface area contributed by atoms with Crippen LogP contribution in [0.25, 0.3) is 0 Å². The smallest absolute Gasteiger partial charge is 0.324 e. The van der Waals surface area contributed by atoms with Crippen LogP contribution in [0.15, 0.2) is 4.52 Å². The molecule has 4 atom stereocenters. The molecule has 0 saturated carbocycles. The molecular weight excluding hydrogens is 404 g/mol. The molecule has 0 aliphatic heterocycles. The monoisotopic (exact) mass is 426 g/mol. The number of nitrogens with one attached hydrogen (secondary N) is 2. The summed E-state index contributed by atoms with van der Waals surface area (Å²) in [4.78, 5) is 26.3. The number of aliphatic hydroxyl groups excluding tert-OH is 1. The summed E-state index contributed by atoms with van der Waals surface area (Å²) in [6, 6.07) is -3.75. The first-order valence-electron chi connectivity index (χ1n) is 7.53. The molecule has 2 unspecified atom stereocenters. The molecule has 8 N–H and O–H groups in total. The van der Waals surface area contributed by atoms with Crippen molar-refractivity contribution in [1.29, 1.82) is 0 Å². The van der Waals surface area contributed by atoms with Gasteiger partial charge in [-0.1, -0.05) is 5.16 Å². The van der Waals surface area contributed by atoms with Gasteiger partial charge in [0, 0.05) is 5.75 Å². The highest BCUT2D eigenvalue weighted by Gasteiger charge is 2.32. The fourth-order valence-electron chi connectivity index (χ4n) is 1.92. The second kappa shape index (κ2) is 9.95. The van der Waals surface area contributed by atoms with Crippen molar-refractivity contribution < 1.29 is 32.7 Å². The van der Waals surface area contributed by atoms with Crippen molar-refractivity contribution in [1.82, 2.24) is 19.6 Å². The average molecular weight is 426 g/mol. The van der Waals surface area contributed by atoms with Gasteiger partial charge >= 0.3 is 5.97 Å². The van der Waals surface area contributed by atoms with Crippen molar-refractivity contribution in [2.45, 2.75) is 37.6 Å². The van der Waals surface area contributed by atoms with Crippen LogP contribution in [0.4, 0.5) is 0 Å². The number of primary amides is 1. The molecule has 1 aromatic heterocycles. The molecule has 0 spiro atoms. The molecule has 13 nitrogen and oxygen atoms in total. The topological polar surface area (TPSA) is 224 Å². The van der Waals surface area contributed by atoms with E-state index in [4.69, 9.17) is 21.1 Å². The van der Waals surface area contributed by atoms with Crippen LogP contribution in [-0.2, 0) is 19.8 Å². The third-order valence-electron chi connectivity index (χ3n) is 3.17. The zero-order valence-electron chi connectivity index (χ0n) is 14.5. The molecule has 0 saturated heterocycles. The maximum Gasteiger partial charge on any atom is 0.324 e. The van der Waals surface area contributed by atoms with E-state index in [1.807, 2.05) is 11.0 Å². The maximum atomic E-state index is 12.2. The molecule has 0 aromatic carbocycles. The molecule has 1 rings (SSSR count). The van der Waals surface area contributed by atoms with E-state index in [1.54, 1.807) is 4.72 Å². The van der Waals surface area contributed by atoms with E-state index in [0.717, 1.165) is 6.92 Å². The van der Waals surface area contributed by atoms with Gasteiger partial charge in [0.05, 0.1) is 18.6 Å². The van der Waals surface area contributed by atoms with Crippen molar-refractivity contribution >= 4 is 33.8 Å². The fourth-order valence-corrected chi connectivity index (χ4v) is 3.68. The van der Waals surface area contributed by atoms with Gasteiger partial charge in [-0.05, 0) is 13.2 Å². The zero-order chi connectivity index (χ0) is 20.8. The lowest BCUT2D eigenvalue weighted by atomic mass is 10.2. The Hall–Kier alpha value is -1.78. The van der Waals surface area contributed by atoms with Gasteiger partial charge < -0.3 is 26.2 Å². The predicted octanol–water partition coefficient (Wildman–Crippen LogP) is -2.39. The molecule has 0 bridgehead atoms. The highest BCUT2D eigenvalue weighted by Crippen LogP contribution is 2.19. The number of aliphatic hydroxyl groups is 1. The van der Waals surface area contributed by atoms with E-state index >= 15 is 0 Å². The molecule has 0 fully saturated rings. The second-order valence-electron chi connectivity index (χ2n) is 5.57. The van der Waals surface area contributed by atoms with Crippen LogP contribution in [0, 0.1) is 0 Å². The van der Waals surface area contributed by atoms with Crippen molar-refractivity contribution in [2.75, 3.05) is 12.0 Å². The number of aromatic nitrogens is 2. The highest BCUT2D eigenvalue weighted by molar-refractivity contribution is 7.98. The normalized spacial score (nSPS) is 16.4. The summed E-state index contributed by atoms with van der Waals surface area (Å²) in [5, 5.41) is 22.0. The summed E-state index contributed by atoms with van der Waals surface area (Å²) in [6.45, 7) is 1.10. The molecular formula is C12H22N6O7S2. The minimum absolute atomic E-state index is 0.105. The summed E-state index contributed by atoms with van der Waals surface area (Å²) >= 11 is 1.43. The van der Waals surface area contributed by atoms with Gasteiger partial charge in [0.2, 0.25) is 11.8 Å². The number of nitrogens with two attached hydrogens (primary N) is 2. The molecule has 15 heteroatoms. The predicted molar refractivity (Wildman–Crippen MR) is 94.5 cm³/mol. The van der Waals surface area contributed by atoms with Gasteiger partial charge in [0.25, 0.3) is 10.2 Å². The van der Waals surface area contributed by atoms with Gasteiger partial charge in [-0.15, -0.1) is 0 Å². The van der Waals surface area contributed by atoms with E-state index in [1.165, 1.54) is 11.8 Å². The Morgan fingerprint density at radius 3 is 2.48 bits per heavy atom. The summed E-state index contributed by atoms with van der Waals surface area (Å²) in [7, 11) is -4.50. The van der Waals surface area contributed by atoms with Crippen molar-refractivity contribution in [3.63, 3.8) is 0 Å². The lowest BCUT2D eigenvalue weighted by Crippen LogP contribution is -2.52. The van der Waals surface area contributed by atoms with Gasteiger partial charge in [-0.25, -0.2) is 0 Å². The minimum Gasteiger partial charge on any atom is -0.480 e. The largest absolute Gasteiger partial charge is 0.480 e. The SMILES string of the molecule is CSC[C@H](N)c1noc([C@H](CC(N)=O)NS(=O)(=O)NC(C(=O)O)C(C)O)n1. The molecule has 1 amide bonds. The van der Waals surface area contributed by atoms with Crippen LogP contribution in [0.3, 0.4) is 0 Å². The molecule has 0 aliphatic rings. The first-order valence-corrected chi connectivity index (χ1v) is 10.4. The number of hydrogen-bond donors (Lipinski definition) is 6. The molecule has 154 valence electrons. The highest BCUT2D eigenvalue weighted by atomic mass is 32.2. The van der Waals surface area contributed by atoms with Crippen molar-refractivity contribution in [3.05, 3.63) is 11.7 Å². The summed E-state index contributed by atoms with van der Waals surface area (Å²) < 4.78 is 33.1. The van der Waals surface area contributed by atoms with Gasteiger partial charge in [-0.2, -0.15) is 34.6 Å². The third kappa shape index (κ3) is 7.39.